The SMILES string of the molecule is O=C(Cl)c1cc(Br)c(Br)cc1C(=O)Cl. The second-order valence-electron chi connectivity index (χ2n) is 2.36. The molecule has 0 heterocycles. The van der Waals surface area contributed by atoms with Gasteiger partial charge in [-0.2, -0.15) is 0 Å². The summed E-state index contributed by atoms with van der Waals surface area (Å²) < 4.78 is 1.26. The molecule has 0 saturated heterocycles. The highest BCUT2D eigenvalue weighted by atomic mass is 79.9. The van der Waals surface area contributed by atoms with Crippen molar-refractivity contribution in [2.75, 3.05) is 0 Å². The van der Waals surface area contributed by atoms with E-state index in [1.807, 2.05) is 0 Å². The minimum absolute atomic E-state index is 0.0849. The quantitative estimate of drug-likeness (QED) is 0.748. The average Bonchev–Trinajstić information content (AvgIpc) is 2.08. The number of carbonyl (C=O) groups is 2. The van der Waals surface area contributed by atoms with E-state index < -0.39 is 10.5 Å². The lowest BCUT2D eigenvalue weighted by atomic mass is 10.1. The molecule has 0 aromatic heterocycles. The summed E-state index contributed by atoms with van der Waals surface area (Å²) in [5, 5.41) is -1.44. The van der Waals surface area contributed by atoms with Crippen LogP contribution in [-0.2, 0) is 0 Å². The van der Waals surface area contributed by atoms with Gasteiger partial charge >= 0.3 is 0 Å². The number of hydrogen-bond donors (Lipinski definition) is 0. The van der Waals surface area contributed by atoms with Gasteiger partial charge in [-0.15, -0.1) is 0 Å². The third-order valence-corrected chi connectivity index (χ3v) is 3.74. The molecule has 0 spiro atoms. The zero-order valence-corrected chi connectivity index (χ0v) is 11.2. The van der Waals surface area contributed by atoms with Crippen LogP contribution in [0.15, 0.2) is 21.1 Å². The zero-order valence-electron chi connectivity index (χ0n) is 6.48. The largest absolute Gasteiger partial charge is 0.276 e. The molecule has 1 aromatic rings. The van der Waals surface area contributed by atoms with Crippen LogP contribution in [0.1, 0.15) is 20.7 Å². The minimum atomic E-state index is -0.720. The van der Waals surface area contributed by atoms with Crippen LogP contribution >= 0.6 is 55.1 Å². The van der Waals surface area contributed by atoms with E-state index in [2.05, 4.69) is 31.9 Å². The molecule has 0 fully saturated rings. The first-order chi connectivity index (χ1) is 6.43. The van der Waals surface area contributed by atoms with Crippen molar-refractivity contribution in [3.8, 4) is 0 Å². The summed E-state index contributed by atoms with van der Waals surface area (Å²) in [6.45, 7) is 0. The van der Waals surface area contributed by atoms with Gasteiger partial charge in [-0.3, -0.25) is 9.59 Å². The summed E-state index contributed by atoms with van der Waals surface area (Å²) in [5.41, 5.74) is 0.170. The minimum Gasteiger partial charge on any atom is -0.276 e. The molecule has 0 aliphatic carbocycles. The van der Waals surface area contributed by atoms with Gasteiger partial charge in [0.25, 0.3) is 10.5 Å². The summed E-state index contributed by atoms with van der Waals surface area (Å²) >= 11 is 17.0. The lowest BCUT2D eigenvalue weighted by molar-refractivity contribution is 0.105. The van der Waals surface area contributed by atoms with Gasteiger partial charge in [-0.1, -0.05) is 0 Å². The normalized spacial score (nSPS) is 10.0. The van der Waals surface area contributed by atoms with Gasteiger partial charge in [0.1, 0.15) is 0 Å². The number of halogens is 4. The summed E-state index contributed by atoms with van der Waals surface area (Å²) in [5.74, 6) is 0. The lowest BCUT2D eigenvalue weighted by Gasteiger charge is -2.03. The third-order valence-electron chi connectivity index (χ3n) is 1.48. The van der Waals surface area contributed by atoms with Crippen LogP contribution in [0.5, 0.6) is 0 Å². The summed E-state index contributed by atoms with van der Waals surface area (Å²) in [7, 11) is 0. The van der Waals surface area contributed by atoms with Crippen molar-refractivity contribution < 1.29 is 9.59 Å². The first-order valence-corrected chi connectivity index (χ1v) is 5.66. The van der Waals surface area contributed by atoms with Crippen molar-refractivity contribution in [1.82, 2.24) is 0 Å². The Labute approximate surface area is 107 Å². The Morgan fingerprint density at radius 2 is 1.21 bits per heavy atom. The molecular formula is C8H2Br2Cl2O2. The van der Waals surface area contributed by atoms with E-state index in [0.29, 0.717) is 8.95 Å². The summed E-state index contributed by atoms with van der Waals surface area (Å²) in [6.07, 6.45) is 0. The zero-order chi connectivity index (χ0) is 10.9. The standard InChI is InChI=1S/C8H2Br2Cl2O2/c9-5-1-3(7(11)13)4(8(12)14)2-6(5)10/h1-2H. The number of hydrogen-bond acceptors (Lipinski definition) is 2. The highest BCUT2D eigenvalue weighted by molar-refractivity contribution is 9.13. The van der Waals surface area contributed by atoms with Gasteiger partial charge in [0.2, 0.25) is 0 Å². The Morgan fingerprint density at radius 1 is 0.929 bits per heavy atom. The lowest BCUT2D eigenvalue weighted by Crippen LogP contribution is -2.01. The molecule has 0 N–H and O–H groups in total. The van der Waals surface area contributed by atoms with Gasteiger partial charge in [0.05, 0.1) is 0 Å². The maximum absolute atomic E-state index is 11.0. The summed E-state index contributed by atoms with van der Waals surface area (Å²) in [4.78, 5) is 21.9. The van der Waals surface area contributed by atoms with E-state index >= 15 is 0 Å². The fourth-order valence-electron chi connectivity index (χ4n) is 0.872. The van der Waals surface area contributed by atoms with Gasteiger partial charge in [0.15, 0.2) is 0 Å². The van der Waals surface area contributed by atoms with Crippen LogP contribution in [0.25, 0.3) is 0 Å². The first kappa shape index (κ1) is 12.2. The Kier molecular flexibility index (Phi) is 4.13. The van der Waals surface area contributed by atoms with Crippen LogP contribution in [0.4, 0.5) is 0 Å². The molecule has 0 aliphatic heterocycles. The topological polar surface area (TPSA) is 34.1 Å². The number of rotatable bonds is 2. The van der Waals surface area contributed by atoms with Crippen LogP contribution in [0.2, 0.25) is 0 Å². The van der Waals surface area contributed by atoms with E-state index in [9.17, 15) is 9.59 Å². The third kappa shape index (κ3) is 2.57. The molecule has 0 atom stereocenters. The Bertz CT molecular complexity index is 379. The van der Waals surface area contributed by atoms with E-state index in [4.69, 9.17) is 23.2 Å². The molecule has 2 nitrogen and oxygen atoms in total. The molecule has 0 bridgehead atoms. The van der Waals surface area contributed by atoms with Crippen LogP contribution in [0, 0.1) is 0 Å². The van der Waals surface area contributed by atoms with Crippen molar-refractivity contribution >= 4 is 65.5 Å². The van der Waals surface area contributed by atoms with E-state index in [-0.39, 0.29) is 11.1 Å². The molecule has 1 aromatic carbocycles. The average molecular weight is 361 g/mol. The molecule has 0 aliphatic rings. The van der Waals surface area contributed by atoms with Gasteiger partial charge in [-0.25, -0.2) is 0 Å². The molecule has 0 amide bonds. The smallest absolute Gasteiger partial charge is 0.253 e. The monoisotopic (exact) mass is 358 g/mol. The predicted octanol–water partition coefficient (Wildman–Crippen LogP) is 3.97. The van der Waals surface area contributed by atoms with E-state index in [1.54, 1.807) is 0 Å². The Balaban J connectivity index is 3.46. The molecule has 0 saturated carbocycles. The van der Waals surface area contributed by atoms with Crippen LogP contribution in [0.3, 0.4) is 0 Å². The molecule has 6 heteroatoms. The number of carbonyl (C=O) groups excluding carboxylic acids is 2. The van der Waals surface area contributed by atoms with Crippen molar-refractivity contribution in [3.05, 3.63) is 32.2 Å². The molecule has 0 unspecified atom stereocenters. The molecule has 14 heavy (non-hydrogen) atoms. The van der Waals surface area contributed by atoms with Gasteiger partial charge in [-0.05, 0) is 67.2 Å². The molecule has 0 radical (unpaired) electrons. The maximum Gasteiger partial charge on any atom is 0.253 e. The molecule has 1 rings (SSSR count). The fraction of sp³-hybridized carbons (Fsp3) is 0. The van der Waals surface area contributed by atoms with Crippen molar-refractivity contribution in [1.29, 1.82) is 0 Å². The van der Waals surface area contributed by atoms with Crippen molar-refractivity contribution in [3.63, 3.8) is 0 Å². The Hall–Kier alpha value is 0.1000. The summed E-state index contributed by atoms with van der Waals surface area (Å²) in [6, 6.07) is 2.88. The van der Waals surface area contributed by atoms with E-state index in [0.717, 1.165) is 0 Å². The first-order valence-electron chi connectivity index (χ1n) is 3.32. The van der Waals surface area contributed by atoms with Gasteiger partial charge in [0, 0.05) is 20.1 Å². The highest BCUT2D eigenvalue weighted by Crippen LogP contribution is 2.28. The highest BCUT2D eigenvalue weighted by Gasteiger charge is 2.16. The van der Waals surface area contributed by atoms with Crippen LogP contribution < -0.4 is 0 Å². The second kappa shape index (κ2) is 4.75. The van der Waals surface area contributed by atoms with Crippen molar-refractivity contribution in [2.45, 2.75) is 0 Å². The van der Waals surface area contributed by atoms with Crippen LogP contribution in [-0.4, -0.2) is 10.5 Å². The van der Waals surface area contributed by atoms with Gasteiger partial charge < -0.3 is 0 Å². The Morgan fingerprint density at radius 3 is 1.43 bits per heavy atom. The number of benzene rings is 1. The maximum atomic E-state index is 11.0. The molecule has 74 valence electrons. The fourth-order valence-corrected chi connectivity index (χ4v) is 1.87. The molecular weight excluding hydrogens is 359 g/mol. The van der Waals surface area contributed by atoms with Crippen molar-refractivity contribution in [2.24, 2.45) is 0 Å². The second-order valence-corrected chi connectivity index (χ2v) is 4.75. The predicted molar refractivity (Wildman–Crippen MR) is 62.2 cm³/mol. The van der Waals surface area contributed by atoms with E-state index in [1.165, 1.54) is 12.1 Å².